The lowest BCUT2D eigenvalue weighted by atomic mass is 9.88. The zero-order chi connectivity index (χ0) is 11.1. The molecule has 3 rings (SSSR count). The van der Waals surface area contributed by atoms with Crippen LogP contribution < -0.4 is 5.73 Å². The topological polar surface area (TPSA) is 64.9 Å². The molecule has 2 saturated carbocycles. The Hall–Kier alpha value is -0.900. The molecule has 2 aliphatic rings. The molecule has 0 aliphatic heterocycles. The highest BCUT2D eigenvalue weighted by atomic mass is 16.5. The highest BCUT2D eigenvalue weighted by Crippen LogP contribution is 2.52. The van der Waals surface area contributed by atoms with Gasteiger partial charge in [0.1, 0.15) is 0 Å². The van der Waals surface area contributed by atoms with E-state index >= 15 is 0 Å². The van der Waals surface area contributed by atoms with Crippen molar-refractivity contribution < 1.29 is 4.52 Å². The van der Waals surface area contributed by atoms with Gasteiger partial charge in [-0.15, -0.1) is 0 Å². The first-order valence-corrected chi connectivity index (χ1v) is 6.37. The first-order chi connectivity index (χ1) is 7.78. The molecular formula is C12H19N3O. The Morgan fingerprint density at radius 3 is 2.94 bits per heavy atom. The monoisotopic (exact) mass is 221 g/mol. The number of nitrogens with zero attached hydrogens (tertiary/aromatic N) is 2. The van der Waals surface area contributed by atoms with Gasteiger partial charge in [-0.05, 0) is 37.5 Å². The fraction of sp³-hybridized carbons (Fsp3) is 0.833. The van der Waals surface area contributed by atoms with Crippen molar-refractivity contribution in [1.82, 2.24) is 10.1 Å². The van der Waals surface area contributed by atoms with Crippen LogP contribution in [-0.2, 0) is 0 Å². The zero-order valence-electron chi connectivity index (χ0n) is 9.72. The molecule has 0 saturated heterocycles. The fourth-order valence-electron chi connectivity index (χ4n) is 3.28. The van der Waals surface area contributed by atoms with Crippen molar-refractivity contribution in [3.8, 4) is 0 Å². The summed E-state index contributed by atoms with van der Waals surface area (Å²) < 4.78 is 5.25. The van der Waals surface area contributed by atoms with E-state index in [4.69, 9.17) is 10.3 Å². The largest absolute Gasteiger partial charge is 0.338 e. The van der Waals surface area contributed by atoms with Gasteiger partial charge >= 0.3 is 0 Å². The summed E-state index contributed by atoms with van der Waals surface area (Å²) >= 11 is 0. The lowest BCUT2D eigenvalue weighted by molar-refractivity contribution is 0.336. The quantitative estimate of drug-likeness (QED) is 0.851. The molecule has 4 nitrogen and oxygen atoms in total. The Kier molecular flexibility index (Phi) is 2.46. The van der Waals surface area contributed by atoms with Crippen LogP contribution in [0.2, 0.25) is 0 Å². The summed E-state index contributed by atoms with van der Waals surface area (Å²) in [7, 11) is 0. The molecule has 3 unspecified atom stereocenters. The SMILES string of the molecule is CC[C@@H](N)c1nc(C2CC3CCC2C3)no1. The van der Waals surface area contributed by atoms with Gasteiger partial charge < -0.3 is 10.3 Å². The van der Waals surface area contributed by atoms with Crippen molar-refractivity contribution in [2.45, 2.75) is 51.0 Å². The van der Waals surface area contributed by atoms with Gasteiger partial charge in [0, 0.05) is 5.92 Å². The Morgan fingerprint density at radius 1 is 1.44 bits per heavy atom. The molecule has 2 aliphatic carbocycles. The van der Waals surface area contributed by atoms with Gasteiger partial charge in [-0.1, -0.05) is 18.5 Å². The Bertz CT molecular complexity index is 376. The third-order valence-corrected chi connectivity index (χ3v) is 4.28. The second-order valence-corrected chi connectivity index (χ2v) is 5.29. The maximum atomic E-state index is 5.89. The second kappa shape index (κ2) is 3.84. The van der Waals surface area contributed by atoms with Crippen LogP contribution in [0.3, 0.4) is 0 Å². The van der Waals surface area contributed by atoms with E-state index in [1.165, 1.54) is 25.7 Å². The molecular weight excluding hydrogens is 202 g/mol. The summed E-state index contributed by atoms with van der Waals surface area (Å²) in [5, 5.41) is 4.12. The van der Waals surface area contributed by atoms with E-state index < -0.39 is 0 Å². The van der Waals surface area contributed by atoms with Crippen LogP contribution in [-0.4, -0.2) is 10.1 Å². The minimum Gasteiger partial charge on any atom is -0.338 e. The number of rotatable bonds is 3. The van der Waals surface area contributed by atoms with Crippen molar-refractivity contribution in [1.29, 1.82) is 0 Å². The number of aromatic nitrogens is 2. The van der Waals surface area contributed by atoms with E-state index in [2.05, 4.69) is 10.1 Å². The van der Waals surface area contributed by atoms with Crippen LogP contribution >= 0.6 is 0 Å². The van der Waals surface area contributed by atoms with Crippen molar-refractivity contribution in [3.63, 3.8) is 0 Å². The Morgan fingerprint density at radius 2 is 2.31 bits per heavy atom. The van der Waals surface area contributed by atoms with Crippen molar-refractivity contribution in [3.05, 3.63) is 11.7 Å². The van der Waals surface area contributed by atoms with Crippen LogP contribution in [0.5, 0.6) is 0 Å². The molecule has 1 aromatic heterocycles. The first-order valence-electron chi connectivity index (χ1n) is 6.37. The third-order valence-electron chi connectivity index (χ3n) is 4.28. The lowest BCUT2D eigenvalue weighted by Gasteiger charge is -2.17. The smallest absolute Gasteiger partial charge is 0.243 e. The minimum absolute atomic E-state index is 0.0974. The minimum atomic E-state index is -0.0974. The molecule has 0 amide bonds. The normalized spacial score (nSPS) is 34.5. The maximum absolute atomic E-state index is 5.89. The second-order valence-electron chi connectivity index (χ2n) is 5.29. The van der Waals surface area contributed by atoms with Gasteiger partial charge in [-0.25, -0.2) is 0 Å². The Balaban J connectivity index is 1.77. The van der Waals surface area contributed by atoms with Gasteiger partial charge in [0.15, 0.2) is 5.82 Å². The molecule has 4 heteroatoms. The summed E-state index contributed by atoms with van der Waals surface area (Å²) in [5.74, 6) is 3.77. The first kappa shape index (κ1) is 10.3. The zero-order valence-corrected chi connectivity index (χ0v) is 9.72. The predicted octanol–water partition coefficient (Wildman–Crippen LogP) is 2.38. The molecule has 16 heavy (non-hydrogen) atoms. The highest BCUT2D eigenvalue weighted by Gasteiger charge is 2.42. The van der Waals surface area contributed by atoms with E-state index in [0.29, 0.717) is 11.8 Å². The molecule has 0 spiro atoms. The van der Waals surface area contributed by atoms with Crippen LogP contribution in [0.1, 0.15) is 62.7 Å². The average molecular weight is 221 g/mol. The van der Waals surface area contributed by atoms with E-state index in [1.807, 2.05) is 6.92 Å². The van der Waals surface area contributed by atoms with Gasteiger partial charge in [0.05, 0.1) is 6.04 Å². The molecule has 0 radical (unpaired) electrons. The fourth-order valence-corrected chi connectivity index (χ4v) is 3.28. The molecule has 0 aromatic carbocycles. The van der Waals surface area contributed by atoms with Crippen LogP contribution in [0.4, 0.5) is 0 Å². The summed E-state index contributed by atoms with van der Waals surface area (Å²) in [4.78, 5) is 4.48. The Labute approximate surface area is 95.6 Å². The molecule has 2 bridgehead atoms. The van der Waals surface area contributed by atoms with E-state index in [-0.39, 0.29) is 6.04 Å². The summed E-state index contributed by atoms with van der Waals surface area (Å²) in [5.41, 5.74) is 5.89. The van der Waals surface area contributed by atoms with E-state index in [0.717, 1.165) is 24.1 Å². The summed E-state index contributed by atoms with van der Waals surface area (Å²) in [6.07, 6.45) is 6.22. The number of nitrogens with two attached hydrogens (primary N) is 1. The molecule has 2 fully saturated rings. The van der Waals surface area contributed by atoms with Crippen LogP contribution in [0.15, 0.2) is 4.52 Å². The molecule has 1 heterocycles. The van der Waals surface area contributed by atoms with Gasteiger partial charge in [-0.3, -0.25) is 0 Å². The molecule has 88 valence electrons. The standard InChI is InChI=1S/C12H19N3O/c1-2-10(13)12-14-11(15-16-12)9-6-7-3-4-8(9)5-7/h7-10H,2-6,13H2,1H3/t7?,8?,9?,10-/m1/s1. The predicted molar refractivity (Wildman–Crippen MR) is 59.7 cm³/mol. The highest BCUT2D eigenvalue weighted by molar-refractivity contribution is 5.07. The molecule has 4 atom stereocenters. The number of hydrogen-bond acceptors (Lipinski definition) is 4. The third kappa shape index (κ3) is 1.56. The van der Waals surface area contributed by atoms with Crippen LogP contribution in [0.25, 0.3) is 0 Å². The van der Waals surface area contributed by atoms with Crippen LogP contribution in [0, 0.1) is 11.8 Å². The number of fused-ring (bicyclic) bond motifs is 2. The van der Waals surface area contributed by atoms with E-state index in [1.54, 1.807) is 0 Å². The van der Waals surface area contributed by atoms with Gasteiger partial charge in [0.25, 0.3) is 0 Å². The van der Waals surface area contributed by atoms with E-state index in [9.17, 15) is 0 Å². The lowest BCUT2D eigenvalue weighted by Crippen LogP contribution is -2.12. The number of hydrogen-bond donors (Lipinski definition) is 1. The molecule has 1 aromatic rings. The maximum Gasteiger partial charge on any atom is 0.243 e. The van der Waals surface area contributed by atoms with Crippen molar-refractivity contribution >= 4 is 0 Å². The molecule has 2 N–H and O–H groups in total. The van der Waals surface area contributed by atoms with Crippen molar-refractivity contribution in [2.24, 2.45) is 17.6 Å². The summed E-state index contributed by atoms with van der Waals surface area (Å²) in [6.45, 7) is 2.03. The van der Waals surface area contributed by atoms with Gasteiger partial charge in [0.2, 0.25) is 5.89 Å². The summed E-state index contributed by atoms with van der Waals surface area (Å²) in [6, 6.07) is -0.0974. The van der Waals surface area contributed by atoms with Gasteiger partial charge in [-0.2, -0.15) is 4.98 Å². The van der Waals surface area contributed by atoms with Crippen molar-refractivity contribution in [2.75, 3.05) is 0 Å². The average Bonchev–Trinajstić information content (AvgIpc) is 3.02.